The van der Waals surface area contributed by atoms with Crippen molar-refractivity contribution in [3.63, 3.8) is 0 Å². The van der Waals surface area contributed by atoms with E-state index in [9.17, 15) is 0 Å². The number of hydrogen-bond acceptors (Lipinski definition) is 3. The van der Waals surface area contributed by atoms with Crippen molar-refractivity contribution in [3.8, 4) is 11.4 Å². The molecule has 21 heavy (non-hydrogen) atoms. The Labute approximate surface area is 135 Å². The Morgan fingerprint density at radius 2 is 1.81 bits per heavy atom. The molecule has 0 bridgehead atoms. The summed E-state index contributed by atoms with van der Waals surface area (Å²) in [4.78, 5) is 0. The number of rotatable bonds is 3. The monoisotopic (exact) mass is 358 g/mol. The zero-order valence-electron chi connectivity index (χ0n) is 10.9. The Bertz CT molecular complexity index is 819. The molecule has 104 valence electrons. The summed E-state index contributed by atoms with van der Waals surface area (Å²) in [5.74, 6) is 0.689. The average molecular weight is 359 g/mol. The molecule has 0 saturated heterocycles. The lowest BCUT2D eigenvalue weighted by Crippen LogP contribution is -1.94. The lowest BCUT2D eigenvalue weighted by atomic mass is 10.2. The minimum Gasteiger partial charge on any atom is -0.250 e. The van der Waals surface area contributed by atoms with Gasteiger partial charge in [-0.25, -0.2) is 5.10 Å². The van der Waals surface area contributed by atoms with Crippen molar-refractivity contribution in [1.29, 1.82) is 0 Å². The molecule has 0 atom stereocenters. The van der Waals surface area contributed by atoms with Crippen molar-refractivity contribution in [1.82, 2.24) is 14.9 Å². The number of nitrogens with one attached hydrogen (secondary N) is 1. The summed E-state index contributed by atoms with van der Waals surface area (Å²) in [7, 11) is 0. The normalized spacial score (nSPS) is 11.1. The van der Waals surface area contributed by atoms with E-state index in [2.05, 4.69) is 31.2 Å². The van der Waals surface area contributed by atoms with Crippen LogP contribution in [0.15, 0.2) is 64.2 Å². The number of nitrogens with zero attached hydrogens (tertiary/aromatic N) is 3. The Morgan fingerprint density at radius 1 is 1.10 bits per heavy atom. The number of benzene rings is 2. The van der Waals surface area contributed by atoms with Gasteiger partial charge in [-0.15, -0.1) is 0 Å². The van der Waals surface area contributed by atoms with Crippen molar-refractivity contribution in [3.05, 3.63) is 69.4 Å². The Balaban J connectivity index is 1.98. The lowest BCUT2D eigenvalue weighted by molar-refractivity contribution is 0.871. The van der Waals surface area contributed by atoms with Crippen molar-refractivity contribution in [2.75, 3.05) is 0 Å². The molecule has 0 spiro atoms. The van der Waals surface area contributed by atoms with E-state index >= 15 is 0 Å². The molecule has 0 aliphatic heterocycles. The summed E-state index contributed by atoms with van der Waals surface area (Å²) >= 11 is 8.64. The first-order chi connectivity index (χ1) is 10.2. The topological polar surface area (TPSA) is 46.0 Å². The molecule has 1 N–H and O–H groups in total. The van der Waals surface area contributed by atoms with E-state index in [1.165, 1.54) is 0 Å². The molecule has 0 unspecified atom stereocenters. The summed E-state index contributed by atoms with van der Waals surface area (Å²) in [5, 5.41) is 11.4. The second-order valence-corrected chi connectivity index (χ2v) is 5.63. The SMILES string of the molecule is S=c1[nH]nc(-c2ccccc2)n1/N=C\c1ccc(Br)cc1. The highest BCUT2D eigenvalue weighted by atomic mass is 79.9. The number of H-pyrrole nitrogens is 1. The average Bonchev–Trinajstić information content (AvgIpc) is 2.89. The standard InChI is InChI=1S/C15H11BrN4S/c16-13-8-6-11(7-9-13)10-17-20-14(18-19-15(20)21)12-4-2-1-3-5-12/h1-10H,(H,19,21)/b17-10-. The fourth-order valence-corrected chi connectivity index (χ4v) is 2.29. The highest BCUT2D eigenvalue weighted by Crippen LogP contribution is 2.16. The van der Waals surface area contributed by atoms with Crippen LogP contribution in [0.4, 0.5) is 0 Å². The summed E-state index contributed by atoms with van der Waals surface area (Å²) in [5.41, 5.74) is 1.94. The van der Waals surface area contributed by atoms with Crippen LogP contribution in [0, 0.1) is 4.77 Å². The highest BCUT2D eigenvalue weighted by molar-refractivity contribution is 9.10. The van der Waals surface area contributed by atoms with Crippen LogP contribution in [-0.4, -0.2) is 21.1 Å². The molecule has 1 aromatic heterocycles. The van der Waals surface area contributed by atoms with Gasteiger partial charge in [0.05, 0.1) is 6.21 Å². The molecule has 0 saturated carbocycles. The van der Waals surface area contributed by atoms with Gasteiger partial charge in [0.25, 0.3) is 0 Å². The smallest absolute Gasteiger partial charge is 0.216 e. The first-order valence-electron chi connectivity index (χ1n) is 6.27. The molecule has 3 rings (SSSR count). The number of hydrogen-bond donors (Lipinski definition) is 1. The van der Waals surface area contributed by atoms with Crippen LogP contribution in [0.5, 0.6) is 0 Å². The molecular weight excluding hydrogens is 348 g/mol. The van der Waals surface area contributed by atoms with Gasteiger partial charge < -0.3 is 0 Å². The molecule has 1 heterocycles. The minimum atomic E-state index is 0.460. The molecule has 0 radical (unpaired) electrons. The second-order valence-electron chi connectivity index (χ2n) is 4.33. The van der Waals surface area contributed by atoms with Crippen LogP contribution >= 0.6 is 28.1 Å². The van der Waals surface area contributed by atoms with Crippen LogP contribution < -0.4 is 0 Å². The number of aromatic amines is 1. The van der Waals surface area contributed by atoms with Crippen molar-refractivity contribution in [2.45, 2.75) is 0 Å². The zero-order valence-corrected chi connectivity index (χ0v) is 13.3. The number of halogens is 1. The van der Waals surface area contributed by atoms with Gasteiger partial charge >= 0.3 is 0 Å². The maximum absolute atomic E-state index is 5.23. The first-order valence-corrected chi connectivity index (χ1v) is 7.47. The summed E-state index contributed by atoms with van der Waals surface area (Å²) in [6.07, 6.45) is 1.75. The maximum Gasteiger partial charge on any atom is 0.216 e. The van der Waals surface area contributed by atoms with E-state index in [1.54, 1.807) is 10.9 Å². The van der Waals surface area contributed by atoms with Gasteiger partial charge in [-0.1, -0.05) is 58.4 Å². The zero-order chi connectivity index (χ0) is 14.7. The van der Waals surface area contributed by atoms with E-state index in [4.69, 9.17) is 12.2 Å². The third-order valence-corrected chi connectivity index (χ3v) is 3.67. The highest BCUT2D eigenvalue weighted by Gasteiger charge is 2.06. The molecule has 2 aromatic carbocycles. The van der Waals surface area contributed by atoms with Gasteiger partial charge in [0.1, 0.15) is 0 Å². The molecule has 0 aliphatic rings. The third-order valence-electron chi connectivity index (χ3n) is 2.87. The Morgan fingerprint density at radius 3 is 2.52 bits per heavy atom. The molecular formula is C15H11BrN4S. The summed E-state index contributed by atoms with van der Waals surface area (Å²) < 4.78 is 3.11. The second kappa shape index (κ2) is 6.15. The van der Waals surface area contributed by atoms with Crippen LogP contribution in [0.3, 0.4) is 0 Å². The number of aromatic nitrogens is 3. The Kier molecular flexibility index (Phi) is 4.08. The molecule has 0 amide bonds. The van der Waals surface area contributed by atoms with E-state index in [0.717, 1.165) is 15.6 Å². The van der Waals surface area contributed by atoms with Crippen molar-refractivity contribution in [2.24, 2.45) is 5.10 Å². The van der Waals surface area contributed by atoms with Crippen LogP contribution in [0.2, 0.25) is 0 Å². The third kappa shape index (κ3) is 3.17. The molecule has 6 heteroatoms. The Hall–Kier alpha value is -2.05. The van der Waals surface area contributed by atoms with Crippen molar-refractivity contribution < 1.29 is 0 Å². The van der Waals surface area contributed by atoms with Crippen LogP contribution in [-0.2, 0) is 0 Å². The lowest BCUT2D eigenvalue weighted by Gasteiger charge is -2.00. The van der Waals surface area contributed by atoms with Gasteiger partial charge in [0.2, 0.25) is 4.77 Å². The minimum absolute atomic E-state index is 0.460. The van der Waals surface area contributed by atoms with Crippen LogP contribution in [0.1, 0.15) is 5.56 Å². The van der Waals surface area contributed by atoms with E-state index < -0.39 is 0 Å². The summed E-state index contributed by atoms with van der Waals surface area (Å²) in [6, 6.07) is 17.7. The predicted molar refractivity (Wildman–Crippen MR) is 90.0 cm³/mol. The van der Waals surface area contributed by atoms with E-state index in [-0.39, 0.29) is 0 Å². The molecule has 4 nitrogen and oxygen atoms in total. The van der Waals surface area contributed by atoms with Gasteiger partial charge in [-0.05, 0) is 29.9 Å². The molecule has 0 aliphatic carbocycles. The van der Waals surface area contributed by atoms with E-state index in [0.29, 0.717) is 10.6 Å². The van der Waals surface area contributed by atoms with E-state index in [1.807, 2.05) is 54.6 Å². The van der Waals surface area contributed by atoms with Crippen molar-refractivity contribution >= 4 is 34.4 Å². The molecule has 3 aromatic rings. The maximum atomic E-state index is 5.23. The summed E-state index contributed by atoms with van der Waals surface area (Å²) in [6.45, 7) is 0. The van der Waals surface area contributed by atoms with Gasteiger partial charge in [-0.3, -0.25) is 0 Å². The predicted octanol–water partition coefficient (Wildman–Crippen LogP) is 4.25. The van der Waals surface area contributed by atoms with Gasteiger partial charge in [0, 0.05) is 10.0 Å². The molecule has 0 fully saturated rings. The van der Waals surface area contributed by atoms with Gasteiger partial charge in [-0.2, -0.15) is 14.9 Å². The van der Waals surface area contributed by atoms with Gasteiger partial charge in [0.15, 0.2) is 5.82 Å². The largest absolute Gasteiger partial charge is 0.250 e. The fraction of sp³-hybridized carbons (Fsp3) is 0. The first kappa shape index (κ1) is 13.9. The quantitative estimate of drug-likeness (QED) is 0.561. The van der Waals surface area contributed by atoms with Crippen LogP contribution in [0.25, 0.3) is 11.4 Å². The fourth-order valence-electron chi connectivity index (χ4n) is 1.85.